The first-order chi connectivity index (χ1) is 12.1. The van der Waals surface area contributed by atoms with Gasteiger partial charge in [-0.15, -0.1) is 0 Å². The molecule has 1 aromatic carbocycles. The first-order valence-corrected chi connectivity index (χ1v) is 9.85. The lowest BCUT2D eigenvalue weighted by molar-refractivity contribution is -0.122. The van der Waals surface area contributed by atoms with E-state index >= 15 is 0 Å². The van der Waals surface area contributed by atoms with E-state index in [1.54, 1.807) is 13.0 Å². The second-order valence-corrected chi connectivity index (χ2v) is 6.94. The number of amides is 1. The number of hydrogen-bond acceptors (Lipinski definition) is 3. The highest BCUT2D eigenvalue weighted by Crippen LogP contribution is 2.28. The molecule has 1 unspecified atom stereocenters. The number of nitrogens with one attached hydrogen (secondary N) is 1. The standard InChI is InChI=1S/C21H35NO3/c1-3-4-5-6-7-8-9-10-11-12-15-22-21(25)17(2)18-13-14-19(23)20(24)16-18/h13-14,16-17,23-24H,3-12,15H2,1-2H3,(H,22,25). The van der Waals surface area contributed by atoms with E-state index in [9.17, 15) is 15.0 Å². The van der Waals surface area contributed by atoms with Crippen LogP contribution < -0.4 is 5.32 Å². The van der Waals surface area contributed by atoms with Crippen molar-refractivity contribution in [2.45, 2.75) is 84.0 Å². The molecule has 1 atom stereocenters. The molecule has 1 aromatic rings. The van der Waals surface area contributed by atoms with E-state index in [1.807, 2.05) is 0 Å². The van der Waals surface area contributed by atoms with Crippen LogP contribution in [0.25, 0.3) is 0 Å². The summed E-state index contributed by atoms with van der Waals surface area (Å²) in [5, 5.41) is 21.8. The molecule has 4 heteroatoms. The van der Waals surface area contributed by atoms with Crippen molar-refractivity contribution >= 4 is 5.91 Å². The van der Waals surface area contributed by atoms with Gasteiger partial charge in [0.1, 0.15) is 0 Å². The lowest BCUT2D eigenvalue weighted by Crippen LogP contribution is -2.28. The van der Waals surface area contributed by atoms with Crippen LogP contribution in [0.5, 0.6) is 11.5 Å². The molecule has 0 radical (unpaired) electrons. The summed E-state index contributed by atoms with van der Waals surface area (Å²) < 4.78 is 0. The largest absolute Gasteiger partial charge is 0.504 e. The van der Waals surface area contributed by atoms with Gasteiger partial charge >= 0.3 is 0 Å². The van der Waals surface area contributed by atoms with E-state index in [-0.39, 0.29) is 23.3 Å². The molecule has 1 rings (SSSR count). The van der Waals surface area contributed by atoms with Crippen LogP contribution in [0.15, 0.2) is 18.2 Å². The van der Waals surface area contributed by atoms with Crippen molar-refractivity contribution in [3.63, 3.8) is 0 Å². The molecule has 142 valence electrons. The Morgan fingerprint density at radius 2 is 1.48 bits per heavy atom. The van der Waals surface area contributed by atoms with Crippen molar-refractivity contribution in [2.24, 2.45) is 0 Å². The molecule has 0 saturated heterocycles. The molecular weight excluding hydrogens is 314 g/mol. The van der Waals surface area contributed by atoms with Gasteiger partial charge in [0.2, 0.25) is 5.91 Å². The fraction of sp³-hybridized carbons (Fsp3) is 0.667. The summed E-state index contributed by atoms with van der Waals surface area (Å²) in [6, 6.07) is 4.52. The molecule has 0 fully saturated rings. The highest BCUT2D eigenvalue weighted by atomic mass is 16.3. The third kappa shape index (κ3) is 8.80. The van der Waals surface area contributed by atoms with Crippen LogP contribution in [-0.2, 0) is 4.79 Å². The zero-order valence-corrected chi connectivity index (χ0v) is 15.9. The van der Waals surface area contributed by atoms with Crippen molar-refractivity contribution in [3.8, 4) is 11.5 Å². The quantitative estimate of drug-likeness (QED) is 0.337. The van der Waals surface area contributed by atoms with Gasteiger partial charge in [-0.25, -0.2) is 0 Å². The van der Waals surface area contributed by atoms with Gasteiger partial charge < -0.3 is 15.5 Å². The second kappa shape index (κ2) is 12.6. The summed E-state index contributed by atoms with van der Waals surface area (Å²) in [5.74, 6) is -0.732. The number of benzene rings is 1. The fourth-order valence-corrected chi connectivity index (χ4v) is 2.94. The molecule has 3 N–H and O–H groups in total. The Morgan fingerprint density at radius 1 is 0.920 bits per heavy atom. The van der Waals surface area contributed by atoms with E-state index in [1.165, 1.54) is 63.5 Å². The summed E-state index contributed by atoms with van der Waals surface area (Å²) in [7, 11) is 0. The van der Waals surface area contributed by atoms with Crippen LogP contribution in [0.2, 0.25) is 0 Å². The van der Waals surface area contributed by atoms with E-state index < -0.39 is 0 Å². The molecular formula is C21H35NO3. The fourth-order valence-electron chi connectivity index (χ4n) is 2.94. The van der Waals surface area contributed by atoms with Crippen molar-refractivity contribution in [1.82, 2.24) is 5.32 Å². The van der Waals surface area contributed by atoms with Crippen LogP contribution >= 0.6 is 0 Å². The van der Waals surface area contributed by atoms with E-state index in [0.29, 0.717) is 12.1 Å². The van der Waals surface area contributed by atoms with E-state index in [2.05, 4.69) is 12.2 Å². The van der Waals surface area contributed by atoms with Gasteiger partial charge in [0, 0.05) is 6.54 Å². The maximum atomic E-state index is 12.1. The molecule has 0 spiro atoms. The molecule has 0 aliphatic rings. The predicted octanol–water partition coefficient (Wildman–Crippen LogP) is 5.24. The van der Waals surface area contributed by atoms with Gasteiger partial charge in [-0.05, 0) is 31.0 Å². The third-order valence-corrected chi connectivity index (χ3v) is 4.72. The summed E-state index contributed by atoms with van der Waals surface area (Å²) in [6.45, 7) is 4.75. The van der Waals surface area contributed by atoms with Crippen LogP contribution in [0.3, 0.4) is 0 Å². The lowest BCUT2D eigenvalue weighted by Gasteiger charge is -2.13. The van der Waals surface area contributed by atoms with Gasteiger partial charge in [0.05, 0.1) is 5.92 Å². The monoisotopic (exact) mass is 349 g/mol. The summed E-state index contributed by atoms with van der Waals surface area (Å²) in [6.07, 6.45) is 12.8. The second-order valence-electron chi connectivity index (χ2n) is 6.94. The average molecular weight is 350 g/mol. The number of carbonyl (C=O) groups is 1. The minimum atomic E-state index is -0.338. The van der Waals surface area contributed by atoms with Gasteiger partial charge in [0.15, 0.2) is 11.5 Å². The predicted molar refractivity (Wildman–Crippen MR) is 103 cm³/mol. The minimum Gasteiger partial charge on any atom is -0.504 e. The Labute approximate surface area is 152 Å². The maximum absolute atomic E-state index is 12.1. The Balaban J connectivity index is 2.07. The van der Waals surface area contributed by atoms with Gasteiger partial charge in [-0.2, -0.15) is 0 Å². The summed E-state index contributed by atoms with van der Waals surface area (Å²) in [4.78, 5) is 12.1. The Kier molecular flexibility index (Phi) is 10.8. The molecule has 0 aliphatic heterocycles. The topological polar surface area (TPSA) is 69.6 Å². The average Bonchev–Trinajstić information content (AvgIpc) is 2.61. The minimum absolute atomic E-state index is 0.0407. The first-order valence-electron chi connectivity index (χ1n) is 9.85. The highest BCUT2D eigenvalue weighted by Gasteiger charge is 2.16. The maximum Gasteiger partial charge on any atom is 0.227 e. The van der Waals surface area contributed by atoms with Crippen LogP contribution in [0, 0.1) is 0 Å². The Bertz CT molecular complexity index is 502. The number of unbranched alkanes of at least 4 members (excludes halogenated alkanes) is 9. The molecule has 0 bridgehead atoms. The molecule has 0 saturated carbocycles. The zero-order chi connectivity index (χ0) is 18.5. The normalized spacial score (nSPS) is 12.1. The SMILES string of the molecule is CCCCCCCCCCCCNC(=O)C(C)c1ccc(O)c(O)c1. The Morgan fingerprint density at radius 3 is 2.04 bits per heavy atom. The molecule has 4 nitrogen and oxygen atoms in total. The third-order valence-electron chi connectivity index (χ3n) is 4.72. The van der Waals surface area contributed by atoms with Crippen LogP contribution in [0.1, 0.15) is 89.5 Å². The number of aromatic hydroxyl groups is 2. The molecule has 0 aromatic heterocycles. The molecule has 0 heterocycles. The molecule has 25 heavy (non-hydrogen) atoms. The van der Waals surface area contributed by atoms with Crippen molar-refractivity contribution in [2.75, 3.05) is 6.54 Å². The summed E-state index contributed by atoms with van der Waals surface area (Å²) in [5.41, 5.74) is 0.705. The zero-order valence-electron chi connectivity index (χ0n) is 15.9. The van der Waals surface area contributed by atoms with E-state index in [0.717, 1.165) is 12.8 Å². The number of phenols is 2. The van der Waals surface area contributed by atoms with Crippen LogP contribution in [-0.4, -0.2) is 22.7 Å². The van der Waals surface area contributed by atoms with Gasteiger partial charge in [-0.1, -0.05) is 70.8 Å². The Hall–Kier alpha value is -1.71. The summed E-state index contributed by atoms with van der Waals surface area (Å²) >= 11 is 0. The van der Waals surface area contributed by atoms with Crippen molar-refractivity contribution < 1.29 is 15.0 Å². The number of phenolic OH excluding ortho intramolecular Hbond substituents is 2. The highest BCUT2D eigenvalue weighted by molar-refractivity contribution is 5.83. The lowest BCUT2D eigenvalue weighted by atomic mass is 9.99. The van der Waals surface area contributed by atoms with Crippen LogP contribution in [0.4, 0.5) is 0 Å². The van der Waals surface area contributed by atoms with Crippen molar-refractivity contribution in [3.05, 3.63) is 23.8 Å². The molecule has 1 amide bonds. The smallest absolute Gasteiger partial charge is 0.227 e. The van der Waals surface area contributed by atoms with Crippen molar-refractivity contribution in [1.29, 1.82) is 0 Å². The van der Waals surface area contributed by atoms with Gasteiger partial charge in [0.25, 0.3) is 0 Å². The van der Waals surface area contributed by atoms with Gasteiger partial charge in [-0.3, -0.25) is 4.79 Å². The number of hydrogen-bond donors (Lipinski definition) is 3. The van der Waals surface area contributed by atoms with E-state index in [4.69, 9.17) is 0 Å². The molecule has 0 aliphatic carbocycles. The first kappa shape index (κ1) is 21.3. The number of rotatable bonds is 13. The number of carbonyl (C=O) groups excluding carboxylic acids is 1.